The number of fused-ring (bicyclic) bond motifs is 1. The van der Waals surface area contributed by atoms with Gasteiger partial charge in [-0.1, -0.05) is 0 Å². The maximum Gasteiger partial charge on any atom is 0.417 e. The molecule has 0 bridgehead atoms. The van der Waals surface area contributed by atoms with Crippen LogP contribution < -0.4 is 0 Å². The van der Waals surface area contributed by atoms with Gasteiger partial charge in [0.15, 0.2) is 11.5 Å². The summed E-state index contributed by atoms with van der Waals surface area (Å²) < 4.78 is 54.6. The van der Waals surface area contributed by atoms with Crippen LogP contribution in [0.25, 0.3) is 22.3 Å². The zero-order chi connectivity index (χ0) is 28.1. The lowest BCUT2D eigenvalue weighted by Gasteiger charge is -2.52. The molecule has 0 spiro atoms. The summed E-state index contributed by atoms with van der Waals surface area (Å²) in [4.78, 5) is 31.6. The molecule has 2 aliphatic rings. The molecule has 206 valence electrons. The summed E-state index contributed by atoms with van der Waals surface area (Å²) in [7, 11) is 0. The third-order valence-electron chi connectivity index (χ3n) is 7.82. The number of carbonyl (C=O) groups excluding carboxylic acids is 1. The molecule has 1 amide bonds. The second kappa shape index (κ2) is 9.67. The summed E-state index contributed by atoms with van der Waals surface area (Å²) >= 11 is 0. The SMILES string of the molecule is N#CC[C@]1(n2cc(-c3ncnc4[nH]ccc34)cn2)C[C@@H](N2CCN(C(=O)c3ncc(C(F)(F)F)cc3F)CC2)C1. The average molecular weight is 554 g/mol. The van der Waals surface area contributed by atoms with Crippen molar-refractivity contribution in [2.75, 3.05) is 26.2 Å². The van der Waals surface area contributed by atoms with E-state index in [0.29, 0.717) is 38.2 Å². The fraction of sp³-hybridized carbons (Fsp3) is 0.385. The Labute approximate surface area is 225 Å². The van der Waals surface area contributed by atoms with E-state index >= 15 is 0 Å². The monoisotopic (exact) mass is 553 g/mol. The summed E-state index contributed by atoms with van der Waals surface area (Å²) in [6.45, 7) is 1.60. The van der Waals surface area contributed by atoms with Gasteiger partial charge in [-0.05, 0) is 25.0 Å². The topological polar surface area (TPSA) is 120 Å². The minimum absolute atomic E-state index is 0.162. The van der Waals surface area contributed by atoms with Crippen molar-refractivity contribution in [3.63, 3.8) is 0 Å². The van der Waals surface area contributed by atoms with E-state index in [4.69, 9.17) is 0 Å². The molecule has 0 unspecified atom stereocenters. The van der Waals surface area contributed by atoms with Crippen LogP contribution in [0.3, 0.4) is 0 Å². The van der Waals surface area contributed by atoms with Crippen molar-refractivity contribution in [3.8, 4) is 17.3 Å². The maximum absolute atomic E-state index is 14.3. The number of nitrogens with zero attached hydrogens (tertiary/aromatic N) is 8. The Balaban J connectivity index is 1.10. The highest BCUT2D eigenvalue weighted by Crippen LogP contribution is 2.45. The van der Waals surface area contributed by atoms with Crippen LogP contribution in [0, 0.1) is 17.1 Å². The summed E-state index contributed by atoms with van der Waals surface area (Å²) in [5.41, 5.74) is -0.0289. The van der Waals surface area contributed by atoms with Gasteiger partial charge in [0.1, 0.15) is 12.0 Å². The molecule has 6 rings (SSSR count). The van der Waals surface area contributed by atoms with E-state index in [1.165, 1.54) is 11.2 Å². The molecular formula is C26H23F4N9O. The number of alkyl halides is 3. The van der Waals surface area contributed by atoms with Gasteiger partial charge in [0, 0.05) is 61.8 Å². The summed E-state index contributed by atoms with van der Waals surface area (Å²) in [6, 6.07) is 4.65. The Morgan fingerprint density at radius 3 is 2.62 bits per heavy atom. The molecule has 5 heterocycles. The predicted octanol–water partition coefficient (Wildman–Crippen LogP) is 3.60. The van der Waals surface area contributed by atoms with Gasteiger partial charge in [0.25, 0.3) is 5.91 Å². The van der Waals surface area contributed by atoms with E-state index in [2.05, 4.69) is 36.0 Å². The third-order valence-corrected chi connectivity index (χ3v) is 7.82. The molecule has 0 aromatic carbocycles. The van der Waals surface area contributed by atoms with Gasteiger partial charge in [-0.25, -0.2) is 19.3 Å². The standard InChI is InChI=1S/C26H23F4N9O/c27-20-9-17(26(28,29)30)13-33-22(20)24(40)38-7-5-37(6-8-38)18-10-25(11-18,2-3-31)39-14-16(12-36-39)21-19-1-4-32-23(19)35-15-34-21/h1,4,9,12-15,18H,2,5-8,10-11H2,(H,32,34,35)/t18-,25+. The van der Waals surface area contributed by atoms with Crippen molar-refractivity contribution in [2.24, 2.45) is 0 Å². The zero-order valence-corrected chi connectivity index (χ0v) is 21.1. The van der Waals surface area contributed by atoms with Crippen LogP contribution in [0.5, 0.6) is 0 Å². The Morgan fingerprint density at radius 1 is 1.15 bits per heavy atom. The molecule has 4 aromatic heterocycles. The molecule has 0 radical (unpaired) electrons. The van der Waals surface area contributed by atoms with Gasteiger partial charge in [-0.2, -0.15) is 23.5 Å². The Kier molecular flexibility index (Phi) is 6.25. The molecule has 1 aliphatic heterocycles. The Bertz CT molecular complexity index is 1610. The summed E-state index contributed by atoms with van der Waals surface area (Å²) in [6.07, 6.45) is 4.32. The maximum atomic E-state index is 14.3. The number of H-pyrrole nitrogens is 1. The number of nitriles is 1. The largest absolute Gasteiger partial charge is 0.417 e. The van der Waals surface area contributed by atoms with Crippen molar-refractivity contribution in [1.29, 1.82) is 5.26 Å². The summed E-state index contributed by atoms with van der Waals surface area (Å²) in [5.74, 6) is -2.02. The lowest BCUT2D eigenvalue weighted by atomic mass is 9.70. The number of aromatic amines is 1. The fourth-order valence-electron chi connectivity index (χ4n) is 5.63. The highest BCUT2D eigenvalue weighted by Gasteiger charge is 2.49. The lowest BCUT2D eigenvalue weighted by Crippen LogP contribution is -2.60. The normalized spacial score (nSPS) is 21.8. The van der Waals surface area contributed by atoms with Crippen molar-refractivity contribution in [3.05, 3.63) is 60.3 Å². The van der Waals surface area contributed by atoms with Crippen LogP contribution in [0.1, 0.15) is 35.3 Å². The van der Waals surface area contributed by atoms with E-state index in [0.717, 1.165) is 22.3 Å². The highest BCUT2D eigenvalue weighted by atomic mass is 19.4. The number of amides is 1. The van der Waals surface area contributed by atoms with Crippen molar-refractivity contribution < 1.29 is 22.4 Å². The molecule has 14 heteroatoms. The molecule has 1 saturated heterocycles. The third kappa shape index (κ3) is 4.45. The van der Waals surface area contributed by atoms with Crippen LogP contribution in [0.4, 0.5) is 17.6 Å². The second-order valence-corrected chi connectivity index (χ2v) is 10.1. The Morgan fingerprint density at radius 2 is 1.93 bits per heavy atom. The molecule has 1 saturated carbocycles. The smallest absolute Gasteiger partial charge is 0.346 e. The number of carbonyl (C=O) groups is 1. The van der Waals surface area contributed by atoms with Gasteiger partial charge < -0.3 is 9.88 Å². The number of hydrogen-bond donors (Lipinski definition) is 1. The van der Waals surface area contributed by atoms with Crippen molar-refractivity contribution in [2.45, 2.75) is 37.0 Å². The van der Waals surface area contributed by atoms with E-state index < -0.39 is 34.7 Å². The quantitative estimate of drug-likeness (QED) is 0.375. The molecular weight excluding hydrogens is 530 g/mol. The first-order valence-electron chi connectivity index (χ1n) is 12.7. The summed E-state index contributed by atoms with van der Waals surface area (Å²) in [5, 5.41) is 15.0. The number of rotatable bonds is 5. The second-order valence-electron chi connectivity index (χ2n) is 10.1. The molecule has 40 heavy (non-hydrogen) atoms. The van der Waals surface area contributed by atoms with E-state index in [9.17, 15) is 27.6 Å². The minimum atomic E-state index is -4.74. The average Bonchev–Trinajstić information content (AvgIpc) is 3.60. The first-order chi connectivity index (χ1) is 19.2. The molecule has 4 aromatic rings. The van der Waals surface area contributed by atoms with Crippen LogP contribution in [-0.2, 0) is 11.7 Å². The van der Waals surface area contributed by atoms with Gasteiger partial charge in [0.05, 0.1) is 35.5 Å². The van der Waals surface area contributed by atoms with Crippen molar-refractivity contribution in [1.82, 2.24) is 39.5 Å². The van der Waals surface area contributed by atoms with Crippen LogP contribution in [-0.4, -0.2) is 77.6 Å². The zero-order valence-electron chi connectivity index (χ0n) is 21.1. The number of piperazine rings is 1. The van der Waals surface area contributed by atoms with Crippen molar-refractivity contribution >= 4 is 16.9 Å². The van der Waals surface area contributed by atoms with Gasteiger partial charge in [-0.3, -0.25) is 14.4 Å². The number of nitrogens with one attached hydrogen (secondary N) is 1. The van der Waals surface area contributed by atoms with Crippen LogP contribution in [0.2, 0.25) is 0 Å². The molecule has 2 fully saturated rings. The van der Waals surface area contributed by atoms with Gasteiger partial charge in [0.2, 0.25) is 0 Å². The van der Waals surface area contributed by atoms with E-state index in [1.807, 2.05) is 16.9 Å². The number of pyridine rings is 1. The number of halogens is 4. The fourth-order valence-corrected chi connectivity index (χ4v) is 5.63. The number of aromatic nitrogens is 6. The number of hydrogen-bond acceptors (Lipinski definition) is 7. The highest BCUT2D eigenvalue weighted by molar-refractivity contribution is 5.92. The van der Waals surface area contributed by atoms with Crippen LogP contribution in [0.15, 0.2) is 43.2 Å². The predicted molar refractivity (Wildman–Crippen MR) is 133 cm³/mol. The first kappa shape index (κ1) is 25.9. The molecule has 10 nitrogen and oxygen atoms in total. The van der Waals surface area contributed by atoms with Gasteiger partial charge >= 0.3 is 6.18 Å². The molecule has 1 N–H and O–H groups in total. The van der Waals surface area contributed by atoms with E-state index in [1.54, 1.807) is 12.4 Å². The molecule has 1 aliphatic carbocycles. The Hall–Kier alpha value is -4.38. The van der Waals surface area contributed by atoms with Gasteiger partial charge in [-0.15, -0.1) is 0 Å². The molecule has 0 atom stereocenters. The first-order valence-corrected chi connectivity index (χ1v) is 12.7. The lowest BCUT2D eigenvalue weighted by molar-refractivity contribution is -0.138. The van der Waals surface area contributed by atoms with E-state index in [-0.39, 0.29) is 25.6 Å². The van der Waals surface area contributed by atoms with Crippen LogP contribution >= 0.6 is 0 Å². The minimum Gasteiger partial charge on any atom is -0.346 e.